The number of aromatic nitrogens is 1. The SMILES string of the molecule is Cc1cccc(Sc2ccccc2C(=O)N[C@H]2CN3CCC2CC3)n1. The lowest BCUT2D eigenvalue weighted by Crippen LogP contribution is -2.57. The van der Waals surface area contributed by atoms with Crippen LogP contribution in [0.15, 0.2) is 52.4 Å². The summed E-state index contributed by atoms with van der Waals surface area (Å²) >= 11 is 1.55. The molecular weight excluding hydrogens is 330 g/mol. The highest BCUT2D eigenvalue weighted by molar-refractivity contribution is 7.99. The standard InChI is InChI=1S/C20H23N3OS/c1-14-5-4-8-19(21-14)25-18-7-3-2-6-16(18)20(24)22-17-13-23-11-9-15(17)10-12-23/h2-8,15,17H,9-13H2,1H3,(H,22,24)/t17-/m0/s1. The molecule has 3 aliphatic rings. The minimum atomic E-state index is 0.0366. The van der Waals surface area contributed by atoms with E-state index in [9.17, 15) is 4.79 Å². The summed E-state index contributed by atoms with van der Waals surface area (Å²) in [5.74, 6) is 0.668. The lowest BCUT2D eigenvalue weighted by molar-refractivity contribution is 0.0619. The van der Waals surface area contributed by atoms with Crippen LogP contribution in [0.25, 0.3) is 0 Å². The molecular formula is C20H23N3OS. The van der Waals surface area contributed by atoms with Crippen LogP contribution < -0.4 is 5.32 Å². The van der Waals surface area contributed by atoms with Gasteiger partial charge < -0.3 is 10.2 Å². The average Bonchev–Trinajstić information content (AvgIpc) is 2.63. The Hall–Kier alpha value is -1.85. The van der Waals surface area contributed by atoms with Gasteiger partial charge in [0.05, 0.1) is 5.56 Å². The monoisotopic (exact) mass is 353 g/mol. The highest BCUT2D eigenvalue weighted by Gasteiger charge is 2.35. The van der Waals surface area contributed by atoms with Crippen LogP contribution >= 0.6 is 11.8 Å². The molecule has 0 spiro atoms. The molecule has 130 valence electrons. The molecule has 1 N–H and O–H groups in total. The largest absolute Gasteiger partial charge is 0.348 e. The summed E-state index contributed by atoms with van der Waals surface area (Å²) in [4.78, 5) is 20.9. The third-order valence-electron chi connectivity index (χ3n) is 5.18. The van der Waals surface area contributed by atoms with Crippen LogP contribution in [0.4, 0.5) is 0 Å². The van der Waals surface area contributed by atoms with Crippen molar-refractivity contribution in [2.24, 2.45) is 5.92 Å². The summed E-state index contributed by atoms with van der Waals surface area (Å²) in [7, 11) is 0. The Balaban J connectivity index is 1.51. The first-order chi connectivity index (χ1) is 12.2. The number of benzene rings is 1. The summed E-state index contributed by atoms with van der Waals surface area (Å²) in [6, 6.07) is 14.1. The van der Waals surface area contributed by atoms with Gasteiger partial charge in [0.15, 0.2) is 0 Å². The van der Waals surface area contributed by atoms with Crippen LogP contribution in [0.2, 0.25) is 0 Å². The number of carbonyl (C=O) groups is 1. The molecule has 0 aliphatic carbocycles. The molecule has 0 radical (unpaired) electrons. The van der Waals surface area contributed by atoms with Gasteiger partial charge in [-0.1, -0.05) is 30.0 Å². The molecule has 3 aliphatic heterocycles. The number of hydrogen-bond donors (Lipinski definition) is 1. The molecule has 2 aromatic rings. The Labute approximate surface area is 153 Å². The number of hydrogen-bond acceptors (Lipinski definition) is 4. The predicted octanol–water partition coefficient (Wildman–Crippen LogP) is 3.37. The molecule has 2 bridgehead atoms. The van der Waals surface area contributed by atoms with Crippen LogP contribution in [0.5, 0.6) is 0 Å². The van der Waals surface area contributed by atoms with Gasteiger partial charge in [0.25, 0.3) is 5.91 Å². The number of nitrogens with one attached hydrogen (secondary N) is 1. The maximum absolute atomic E-state index is 12.9. The van der Waals surface area contributed by atoms with E-state index in [1.165, 1.54) is 25.9 Å². The zero-order valence-electron chi connectivity index (χ0n) is 14.4. The van der Waals surface area contributed by atoms with Gasteiger partial charge in [-0.05, 0) is 63.0 Å². The third-order valence-corrected chi connectivity index (χ3v) is 6.19. The Morgan fingerprint density at radius 1 is 1.16 bits per heavy atom. The lowest BCUT2D eigenvalue weighted by atomic mass is 9.84. The molecule has 1 atom stereocenters. The summed E-state index contributed by atoms with van der Waals surface area (Å²) in [5.41, 5.74) is 1.73. The van der Waals surface area contributed by atoms with E-state index in [1.807, 2.05) is 49.4 Å². The molecule has 5 heteroatoms. The summed E-state index contributed by atoms with van der Waals surface area (Å²) < 4.78 is 0. The molecule has 0 unspecified atom stereocenters. The number of fused-ring (bicyclic) bond motifs is 3. The summed E-state index contributed by atoms with van der Waals surface area (Å²) in [6.07, 6.45) is 2.41. The average molecular weight is 353 g/mol. The van der Waals surface area contributed by atoms with Crippen molar-refractivity contribution in [3.63, 3.8) is 0 Å². The van der Waals surface area contributed by atoms with Crippen LogP contribution in [0.1, 0.15) is 28.9 Å². The minimum absolute atomic E-state index is 0.0366. The smallest absolute Gasteiger partial charge is 0.252 e. The molecule has 4 nitrogen and oxygen atoms in total. The highest BCUT2D eigenvalue weighted by Crippen LogP contribution is 2.31. The number of nitrogens with zero attached hydrogens (tertiary/aromatic N) is 2. The van der Waals surface area contributed by atoms with E-state index < -0.39 is 0 Å². The van der Waals surface area contributed by atoms with Crippen molar-refractivity contribution in [1.82, 2.24) is 15.2 Å². The second kappa shape index (κ2) is 7.18. The van der Waals surface area contributed by atoms with Gasteiger partial charge in [-0.3, -0.25) is 4.79 Å². The first kappa shape index (κ1) is 16.6. The molecule has 3 fully saturated rings. The molecule has 5 rings (SSSR count). The molecule has 0 saturated carbocycles. The van der Waals surface area contributed by atoms with Crippen molar-refractivity contribution in [2.45, 2.75) is 35.7 Å². The van der Waals surface area contributed by atoms with Gasteiger partial charge in [0.2, 0.25) is 0 Å². The summed E-state index contributed by atoms with van der Waals surface area (Å²) in [6.45, 7) is 5.34. The van der Waals surface area contributed by atoms with Gasteiger partial charge in [-0.15, -0.1) is 0 Å². The highest BCUT2D eigenvalue weighted by atomic mass is 32.2. The normalized spacial score (nSPS) is 24.9. The predicted molar refractivity (Wildman–Crippen MR) is 100.0 cm³/mol. The van der Waals surface area contributed by atoms with E-state index in [0.29, 0.717) is 5.92 Å². The van der Waals surface area contributed by atoms with Crippen LogP contribution in [-0.4, -0.2) is 41.5 Å². The Kier molecular flexibility index (Phi) is 4.77. The van der Waals surface area contributed by atoms with Gasteiger partial charge in [0.1, 0.15) is 5.03 Å². The molecule has 4 heterocycles. The second-order valence-electron chi connectivity index (χ2n) is 6.93. The molecule has 1 aromatic heterocycles. The van der Waals surface area contributed by atoms with Crippen molar-refractivity contribution in [2.75, 3.05) is 19.6 Å². The first-order valence-electron chi connectivity index (χ1n) is 8.93. The number of carbonyl (C=O) groups excluding carboxylic acids is 1. The van der Waals surface area contributed by atoms with E-state index >= 15 is 0 Å². The van der Waals surface area contributed by atoms with E-state index in [0.717, 1.165) is 27.7 Å². The van der Waals surface area contributed by atoms with Gasteiger partial charge in [-0.25, -0.2) is 4.98 Å². The van der Waals surface area contributed by atoms with Crippen molar-refractivity contribution < 1.29 is 4.79 Å². The van der Waals surface area contributed by atoms with Crippen LogP contribution in [-0.2, 0) is 0 Å². The maximum atomic E-state index is 12.9. The fourth-order valence-electron chi connectivity index (χ4n) is 3.81. The van der Waals surface area contributed by atoms with Crippen molar-refractivity contribution in [3.8, 4) is 0 Å². The van der Waals surface area contributed by atoms with E-state index in [-0.39, 0.29) is 11.9 Å². The number of amides is 1. The zero-order valence-corrected chi connectivity index (χ0v) is 15.3. The number of aryl methyl sites for hydroxylation is 1. The van der Waals surface area contributed by atoms with Gasteiger partial charge in [0, 0.05) is 23.2 Å². The van der Waals surface area contributed by atoms with Crippen LogP contribution in [0.3, 0.4) is 0 Å². The summed E-state index contributed by atoms with van der Waals surface area (Å²) in [5, 5.41) is 4.21. The number of rotatable bonds is 4. The fourth-order valence-corrected chi connectivity index (χ4v) is 4.78. The second-order valence-corrected chi connectivity index (χ2v) is 8.00. The Morgan fingerprint density at radius 2 is 1.96 bits per heavy atom. The van der Waals surface area contributed by atoms with Crippen LogP contribution in [0, 0.1) is 12.8 Å². The lowest BCUT2D eigenvalue weighted by Gasteiger charge is -2.44. The Bertz CT molecular complexity index is 771. The van der Waals surface area contributed by atoms with E-state index in [1.54, 1.807) is 11.8 Å². The van der Waals surface area contributed by atoms with E-state index in [2.05, 4.69) is 15.2 Å². The molecule has 3 saturated heterocycles. The molecule has 25 heavy (non-hydrogen) atoms. The van der Waals surface area contributed by atoms with Crippen molar-refractivity contribution >= 4 is 17.7 Å². The van der Waals surface area contributed by atoms with Gasteiger partial charge in [-0.2, -0.15) is 0 Å². The Morgan fingerprint density at radius 3 is 2.68 bits per heavy atom. The number of pyridine rings is 1. The van der Waals surface area contributed by atoms with Gasteiger partial charge >= 0.3 is 0 Å². The minimum Gasteiger partial charge on any atom is -0.348 e. The zero-order chi connectivity index (χ0) is 17.2. The third kappa shape index (κ3) is 3.72. The number of piperidine rings is 3. The first-order valence-corrected chi connectivity index (χ1v) is 9.74. The maximum Gasteiger partial charge on any atom is 0.252 e. The van der Waals surface area contributed by atoms with E-state index in [4.69, 9.17) is 0 Å². The quantitative estimate of drug-likeness (QED) is 0.915. The van der Waals surface area contributed by atoms with Crippen molar-refractivity contribution in [3.05, 3.63) is 53.7 Å². The van der Waals surface area contributed by atoms with Crippen molar-refractivity contribution in [1.29, 1.82) is 0 Å². The fraction of sp³-hybridized carbons (Fsp3) is 0.400. The molecule has 1 aromatic carbocycles. The molecule has 1 amide bonds. The topological polar surface area (TPSA) is 45.2 Å².